The first kappa shape index (κ1) is 18.6. The van der Waals surface area contributed by atoms with Crippen LogP contribution in [0, 0.1) is 5.92 Å². The van der Waals surface area contributed by atoms with Crippen LogP contribution in [0.2, 0.25) is 0 Å². The van der Waals surface area contributed by atoms with Gasteiger partial charge in [0.25, 0.3) is 0 Å². The number of benzene rings is 1. The van der Waals surface area contributed by atoms with Crippen molar-refractivity contribution in [1.29, 1.82) is 0 Å². The van der Waals surface area contributed by atoms with Crippen molar-refractivity contribution in [2.75, 3.05) is 18.4 Å². The highest BCUT2D eigenvalue weighted by Crippen LogP contribution is 2.31. The molecular formula is C17H23F3N2O2. The van der Waals surface area contributed by atoms with Crippen LogP contribution in [0.4, 0.5) is 23.7 Å². The fourth-order valence-corrected chi connectivity index (χ4v) is 3.07. The Morgan fingerprint density at radius 1 is 1.33 bits per heavy atom. The fourth-order valence-electron chi connectivity index (χ4n) is 3.07. The standard InChI is InChI=1S/C17H23F3N2O2/c1-12(2)11-16(24)6-8-22(9-7-16)15(23)21-14-5-3-4-13(10-14)17(18,19)20/h3-5,10,12,24H,6-9,11H2,1-2H3,(H,21,23). The summed E-state index contributed by atoms with van der Waals surface area (Å²) in [6, 6.07) is 4.11. The van der Waals surface area contributed by atoms with Crippen LogP contribution in [0.3, 0.4) is 0 Å². The predicted molar refractivity (Wildman–Crippen MR) is 85.7 cm³/mol. The molecule has 1 saturated heterocycles. The topological polar surface area (TPSA) is 52.6 Å². The van der Waals surface area contributed by atoms with E-state index in [0.29, 0.717) is 38.3 Å². The molecule has 0 atom stereocenters. The number of hydrogen-bond acceptors (Lipinski definition) is 2. The number of rotatable bonds is 3. The number of nitrogens with one attached hydrogen (secondary N) is 1. The lowest BCUT2D eigenvalue weighted by Gasteiger charge is -2.39. The lowest BCUT2D eigenvalue weighted by molar-refractivity contribution is -0.137. The maximum Gasteiger partial charge on any atom is 0.416 e. The van der Waals surface area contributed by atoms with Crippen LogP contribution in [0.15, 0.2) is 24.3 Å². The SMILES string of the molecule is CC(C)CC1(O)CCN(C(=O)Nc2cccc(C(F)(F)F)c2)CC1. The van der Waals surface area contributed by atoms with Gasteiger partial charge in [-0.25, -0.2) is 4.79 Å². The molecule has 0 aliphatic carbocycles. The molecular weight excluding hydrogens is 321 g/mol. The number of carbonyl (C=O) groups excluding carboxylic acids is 1. The van der Waals surface area contributed by atoms with E-state index >= 15 is 0 Å². The molecule has 0 radical (unpaired) electrons. The predicted octanol–water partition coefficient (Wildman–Crippen LogP) is 4.11. The van der Waals surface area contributed by atoms with E-state index in [1.165, 1.54) is 17.0 Å². The molecule has 0 unspecified atom stereocenters. The third-order valence-corrected chi connectivity index (χ3v) is 4.21. The maximum atomic E-state index is 12.7. The summed E-state index contributed by atoms with van der Waals surface area (Å²) < 4.78 is 38.1. The normalized spacial score (nSPS) is 17.9. The van der Waals surface area contributed by atoms with Crippen molar-refractivity contribution in [1.82, 2.24) is 4.90 Å². The second-order valence-corrected chi connectivity index (χ2v) is 6.82. The number of amides is 2. The fraction of sp³-hybridized carbons (Fsp3) is 0.588. The molecule has 1 aromatic rings. The zero-order valence-electron chi connectivity index (χ0n) is 13.9. The van der Waals surface area contributed by atoms with E-state index in [1.54, 1.807) is 0 Å². The number of alkyl halides is 3. The largest absolute Gasteiger partial charge is 0.416 e. The quantitative estimate of drug-likeness (QED) is 0.867. The zero-order valence-corrected chi connectivity index (χ0v) is 13.9. The Morgan fingerprint density at radius 3 is 2.50 bits per heavy atom. The molecule has 2 amide bonds. The summed E-state index contributed by atoms with van der Waals surface area (Å²) in [6.07, 6.45) is -2.82. The first-order chi connectivity index (χ1) is 11.1. The second-order valence-electron chi connectivity index (χ2n) is 6.82. The minimum Gasteiger partial charge on any atom is -0.390 e. The molecule has 1 aromatic carbocycles. The van der Waals surface area contributed by atoms with E-state index in [0.717, 1.165) is 12.1 Å². The molecule has 4 nitrogen and oxygen atoms in total. The van der Waals surface area contributed by atoms with Crippen molar-refractivity contribution < 1.29 is 23.1 Å². The van der Waals surface area contributed by atoms with Crippen molar-refractivity contribution in [3.05, 3.63) is 29.8 Å². The van der Waals surface area contributed by atoms with Crippen molar-refractivity contribution in [2.45, 2.75) is 44.9 Å². The van der Waals surface area contributed by atoms with Gasteiger partial charge in [0, 0.05) is 18.8 Å². The van der Waals surface area contributed by atoms with Crippen LogP contribution in [-0.4, -0.2) is 34.7 Å². The number of halogens is 3. The van der Waals surface area contributed by atoms with Crippen LogP contribution >= 0.6 is 0 Å². The van der Waals surface area contributed by atoms with Crippen LogP contribution in [0.1, 0.15) is 38.7 Å². The first-order valence-electron chi connectivity index (χ1n) is 8.05. The molecule has 1 heterocycles. The number of aliphatic hydroxyl groups is 1. The van der Waals surface area contributed by atoms with E-state index in [4.69, 9.17) is 0 Å². The molecule has 134 valence electrons. The van der Waals surface area contributed by atoms with Crippen LogP contribution < -0.4 is 5.32 Å². The van der Waals surface area contributed by atoms with E-state index in [9.17, 15) is 23.1 Å². The van der Waals surface area contributed by atoms with Crippen molar-refractivity contribution in [2.24, 2.45) is 5.92 Å². The molecule has 0 saturated carbocycles. The van der Waals surface area contributed by atoms with Gasteiger partial charge in [0.1, 0.15) is 0 Å². The highest BCUT2D eigenvalue weighted by atomic mass is 19.4. The Morgan fingerprint density at radius 2 is 1.96 bits per heavy atom. The van der Waals surface area contributed by atoms with Crippen LogP contribution in [0.25, 0.3) is 0 Å². The average molecular weight is 344 g/mol. The highest BCUT2D eigenvalue weighted by molar-refractivity contribution is 5.89. The molecule has 1 aliphatic heterocycles. The van der Waals surface area contributed by atoms with Gasteiger partial charge < -0.3 is 15.3 Å². The monoisotopic (exact) mass is 344 g/mol. The number of carbonyl (C=O) groups is 1. The minimum atomic E-state index is -4.45. The van der Waals surface area contributed by atoms with Crippen molar-refractivity contribution in [3.8, 4) is 0 Å². The Labute approximate surface area is 139 Å². The molecule has 1 aliphatic rings. The molecule has 2 N–H and O–H groups in total. The van der Waals surface area contributed by atoms with Gasteiger partial charge in [-0.05, 0) is 43.4 Å². The van der Waals surface area contributed by atoms with E-state index in [-0.39, 0.29) is 5.69 Å². The molecule has 1 fully saturated rings. The van der Waals surface area contributed by atoms with Gasteiger partial charge in [0.2, 0.25) is 0 Å². The average Bonchev–Trinajstić information content (AvgIpc) is 2.46. The van der Waals surface area contributed by atoms with Crippen molar-refractivity contribution >= 4 is 11.7 Å². The summed E-state index contributed by atoms with van der Waals surface area (Å²) in [4.78, 5) is 13.7. The summed E-state index contributed by atoms with van der Waals surface area (Å²) in [5.74, 6) is 0.362. The summed E-state index contributed by atoms with van der Waals surface area (Å²) >= 11 is 0. The second kappa shape index (κ2) is 7.01. The Bertz CT molecular complexity index is 579. The summed E-state index contributed by atoms with van der Waals surface area (Å²) in [7, 11) is 0. The van der Waals surface area contributed by atoms with Gasteiger partial charge in [-0.2, -0.15) is 13.2 Å². The molecule has 0 bridgehead atoms. The van der Waals surface area contributed by atoms with Gasteiger partial charge in [-0.1, -0.05) is 19.9 Å². The summed E-state index contributed by atoms with van der Waals surface area (Å²) in [5.41, 5.74) is -1.45. The minimum absolute atomic E-state index is 0.109. The smallest absolute Gasteiger partial charge is 0.390 e. The summed E-state index contributed by atoms with van der Waals surface area (Å²) in [5, 5.41) is 13.0. The van der Waals surface area contributed by atoms with E-state index in [2.05, 4.69) is 5.32 Å². The number of nitrogens with zero attached hydrogens (tertiary/aromatic N) is 1. The molecule has 24 heavy (non-hydrogen) atoms. The molecule has 7 heteroatoms. The third kappa shape index (κ3) is 4.87. The molecule has 0 aromatic heterocycles. The Balaban J connectivity index is 1.95. The Kier molecular flexibility index (Phi) is 5.42. The maximum absolute atomic E-state index is 12.7. The van der Waals surface area contributed by atoms with Crippen LogP contribution in [0.5, 0.6) is 0 Å². The highest BCUT2D eigenvalue weighted by Gasteiger charge is 2.34. The first-order valence-corrected chi connectivity index (χ1v) is 8.05. The zero-order chi connectivity index (χ0) is 18.0. The Hall–Kier alpha value is -1.76. The van der Waals surface area contributed by atoms with Gasteiger partial charge >= 0.3 is 12.2 Å². The van der Waals surface area contributed by atoms with E-state index in [1.807, 2.05) is 13.8 Å². The molecule has 0 spiro atoms. The number of likely N-dealkylation sites (tertiary alicyclic amines) is 1. The third-order valence-electron chi connectivity index (χ3n) is 4.21. The number of urea groups is 1. The lowest BCUT2D eigenvalue weighted by Crippen LogP contribution is -2.48. The van der Waals surface area contributed by atoms with Crippen molar-refractivity contribution in [3.63, 3.8) is 0 Å². The molecule has 2 rings (SSSR count). The van der Waals surface area contributed by atoms with Gasteiger partial charge in [-0.15, -0.1) is 0 Å². The van der Waals surface area contributed by atoms with E-state index < -0.39 is 23.4 Å². The van der Waals surface area contributed by atoms with Gasteiger partial charge in [0.15, 0.2) is 0 Å². The van der Waals surface area contributed by atoms with Crippen LogP contribution in [-0.2, 0) is 6.18 Å². The number of anilines is 1. The lowest BCUT2D eigenvalue weighted by atomic mass is 9.84. The van der Waals surface area contributed by atoms with Gasteiger partial charge in [-0.3, -0.25) is 0 Å². The summed E-state index contributed by atoms with van der Waals surface area (Å²) in [6.45, 7) is 4.83. The number of piperidine rings is 1. The van der Waals surface area contributed by atoms with Gasteiger partial charge in [0.05, 0.1) is 11.2 Å². The number of hydrogen-bond donors (Lipinski definition) is 2.